The number of hydrogen-bond donors (Lipinski definition) is 0. The predicted octanol–water partition coefficient (Wildman–Crippen LogP) is 6.43. The maximum absolute atomic E-state index is 11.8. The Morgan fingerprint density at radius 3 is 2.06 bits per heavy atom. The first-order chi connectivity index (χ1) is 15.2. The smallest absolute Gasteiger partial charge is 0.306 e. The highest BCUT2D eigenvalue weighted by molar-refractivity contribution is 5.69. The van der Waals surface area contributed by atoms with Crippen LogP contribution in [-0.2, 0) is 19.1 Å². The molecular weight excluding hydrogens is 390 g/mol. The van der Waals surface area contributed by atoms with Gasteiger partial charge in [0.05, 0.1) is 6.61 Å². The summed E-state index contributed by atoms with van der Waals surface area (Å²) in [5, 5.41) is 0. The number of nitrogens with zero attached hydrogens (tertiary/aromatic N) is 1. The van der Waals surface area contributed by atoms with Crippen molar-refractivity contribution in [2.24, 2.45) is 0 Å². The fourth-order valence-corrected chi connectivity index (χ4v) is 4.11. The lowest BCUT2D eigenvalue weighted by molar-refractivity contribution is -0.148. The van der Waals surface area contributed by atoms with Crippen molar-refractivity contribution >= 4 is 11.9 Å². The van der Waals surface area contributed by atoms with Crippen LogP contribution in [0.2, 0.25) is 0 Å². The zero-order valence-corrected chi connectivity index (χ0v) is 20.5. The minimum Gasteiger partial charge on any atom is -0.466 e. The largest absolute Gasteiger partial charge is 0.466 e. The van der Waals surface area contributed by atoms with E-state index in [1.54, 1.807) is 0 Å². The van der Waals surface area contributed by atoms with Gasteiger partial charge in [0.15, 0.2) is 0 Å². The van der Waals surface area contributed by atoms with Crippen LogP contribution in [0.1, 0.15) is 123 Å². The Labute approximate surface area is 191 Å². The highest BCUT2D eigenvalue weighted by Crippen LogP contribution is 2.15. The molecule has 5 nitrogen and oxygen atoms in total. The quantitative estimate of drug-likeness (QED) is 0.162. The molecule has 0 N–H and O–H groups in total. The fraction of sp³-hybridized carbons (Fsp3) is 0.923. The Hall–Kier alpha value is -1.10. The Morgan fingerprint density at radius 1 is 0.742 bits per heavy atom. The molecule has 182 valence electrons. The van der Waals surface area contributed by atoms with Gasteiger partial charge in [-0.15, -0.1) is 0 Å². The molecule has 1 saturated heterocycles. The van der Waals surface area contributed by atoms with E-state index in [0.29, 0.717) is 19.4 Å². The lowest BCUT2D eigenvalue weighted by Gasteiger charge is -2.16. The molecule has 1 unspecified atom stereocenters. The summed E-state index contributed by atoms with van der Waals surface area (Å²) in [6.07, 6.45) is 18.6. The van der Waals surface area contributed by atoms with Crippen LogP contribution in [0.3, 0.4) is 0 Å². The summed E-state index contributed by atoms with van der Waals surface area (Å²) in [6.45, 7) is 7.81. The van der Waals surface area contributed by atoms with Gasteiger partial charge in [0.25, 0.3) is 0 Å². The molecule has 0 spiro atoms. The molecule has 0 radical (unpaired) electrons. The molecule has 0 aliphatic carbocycles. The second-order valence-corrected chi connectivity index (χ2v) is 9.16. The molecule has 0 aromatic carbocycles. The van der Waals surface area contributed by atoms with Gasteiger partial charge in [-0.3, -0.25) is 14.5 Å². The number of ether oxygens (including phenoxy) is 2. The molecule has 0 bridgehead atoms. The first-order valence-electron chi connectivity index (χ1n) is 13.2. The van der Waals surface area contributed by atoms with Gasteiger partial charge in [0.2, 0.25) is 0 Å². The third-order valence-corrected chi connectivity index (χ3v) is 6.13. The van der Waals surface area contributed by atoms with Crippen molar-refractivity contribution in [3.05, 3.63) is 0 Å². The number of esters is 2. The van der Waals surface area contributed by atoms with Crippen LogP contribution >= 0.6 is 0 Å². The third kappa shape index (κ3) is 16.2. The van der Waals surface area contributed by atoms with Crippen molar-refractivity contribution in [1.29, 1.82) is 0 Å². The lowest BCUT2D eigenvalue weighted by Crippen LogP contribution is -2.25. The summed E-state index contributed by atoms with van der Waals surface area (Å²) in [5.41, 5.74) is 0. The molecule has 1 aliphatic heterocycles. The molecular formula is C26H49NO4. The Kier molecular flexibility index (Phi) is 17.6. The van der Waals surface area contributed by atoms with Gasteiger partial charge in [-0.1, -0.05) is 78.1 Å². The number of rotatable bonds is 20. The van der Waals surface area contributed by atoms with E-state index in [2.05, 4.69) is 18.7 Å². The molecule has 1 aliphatic rings. The van der Waals surface area contributed by atoms with Crippen molar-refractivity contribution in [3.8, 4) is 0 Å². The molecule has 0 aromatic heterocycles. The highest BCUT2D eigenvalue weighted by atomic mass is 16.5. The van der Waals surface area contributed by atoms with E-state index < -0.39 is 0 Å². The van der Waals surface area contributed by atoms with Crippen LogP contribution in [0.5, 0.6) is 0 Å². The van der Waals surface area contributed by atoms with Crippen LogP contribution in [0, 0.1) is 0 Å². The Morgan fingerprint density at radius 2 is 1.35 bits per heavy atom. The second-order valence-electron chi connectivity index (χ2n) is 9.16. The van der Waals surface area contributed by atoms with E-state index >= 15 is 0 Å². The first kappa shape index (κ1) is 27.9. The standard InChI is InChI=1S/C26H49NO4/c1-3-5-7-8-9-10-11-12-16-22-30-25(28)18-14-13-15-20-27-21-19-24(23-27)31-26(29)17-6-4-2/h24H,3-23H2,1-2H3. The maximum Gasteiger partial charge on any atom is 0.306 e. The SMILES string of the molecule is CCCCCCCCCCCOC(=O)CCCCCN1CCC(OC(=O)CCCC)C1. The van der Waals surface area contributed by atoms with E-state index in [1.165, 1.54) is 51.4 Å². The van der Waals surface area contributed by atoms with Gasteiger partial charge >= 0.3 is 11.9 Å². The number of likely N-dealkylation sites (tertiary alicyclic amines) is 1. The normalized spacial score (nSPS) is 16.5. The van der Waals surface area contributed by atoms with Crippen LogP contribution in [-0.4, -0.2) is 49.2 Å². The van der Waals surface area contributed by atoms with Crippen molar-refractivity contribution in [2.45, 2.75) is 129 Å². The summed E-state index contributed by atoms with van der Waals surface area (Å²) in [6, 6.07) is 0. The van der Waals surface area contributed by atoms with Crippen LogP contribution in [0.4, 0.5) is 0 Å². The van der Waals surface area contributed by atoms with Crippen molar-refractivity contribution < 1.29 is 19.1 Å². The number of carbonyl (C=O) groups excluding carboxylic acids is 2. The van der Waals surface area contributed by atoms with Crippen molar-refractivity contribution in [2.75, 3.05) is 26.2 Å². The molecule has 0 saturated carbocycles. The Bertz CT molecular complexity index is 455. The van der Waals surface area contributed by atoms with Crippen molar-refractivity contribution in [3.63, 3.8) is 0 Å². The molecule has 1 fully saturated rings. The summed E-state index contributed by atoms with van der Waals surface area (Å²) < 4.78 is 10.9. The maximum atomic E-state index is 11.8. The van der Waals surface area contributed by atoms with Crippen LogP contribution in [0.15, 0.2) is 0 Å². The topological polar surface area (TPSA) is 55.8 Å². The molecule has 1 heterocycles. The van der Waals surface area contributed by atoms with Gasteiger partial charge in [0, 0.05) is 25.9 Å². The fourth-order valence-electron chi connectivity index (χ4n) is 4.11. The van der Waals surface area contributed by atoms with Gasteiger partial charge in [0.1, 0.15) is 6.10 Å². The monoisotopic (exact) mass is 439 g/mol. The zero-order valence-electron chi connectivity index (χ0n) is 20.5. The van der Waals surface area contributed by atoms with E-state index in [1.807, 2.05) is 0 Å². The predicted molar refractivity (Wildman–Crippen MR) is 127 cm³/mol. The third-order valence-electron chi connectivity index (χ3n) is 6.13. The molecule has 31 heavy (non-hydrogen) atoms. The number of carbonyl (C=O) groups is 2. The number of unbranched alkanes of at least 4 members (excludes halogenated alkanes) is 11. The average Bonchev–Trinajstić information content (AvgIpc) is 3.20. The lowest BCUT2D eigenvalue weighted by atomic mass is 10.1. The molecule has 0 amide bonds. The zero-order chi connectivity index (χ0) is 22.6. The van der Waals surface area contributed by atoms with E-state index in [0.717, 1.165) is 64.6 Å². The molecule has 0 aromatic rings. The minimum atomic E-state index is -0.0466. The van der Waals surface area contributed by atoms with Gasteiger partial charge in [-0.2, -0.15) is 0 Å². The van der Waals surface area contributed by atoms with Gasteiger partial charge < -0.3 is 9.47 Å². The molecule has 1 atom stereocenters. The van der Waals surface area contributed by atoms with Gasteiger partial charge in [-0.25, -0.2) is 0 Å². The van der Waals surface area contributed by atoms with E-state index in [9.17, 15) is 9.59 Å². The number of hydrogen-bond acceptors (Lipinski definition) is 5. The average molecular weight is 440 g/mol. The molecule has 5 heteroatoms. The summed E-state index contributed by atoms with van der Waals surface area (Å²) in [5.74, 6) is -0.0885. The second kappa shape index (κ2) is 19.6. The molecule has 1 rings (SSSR count). The van der Waals surface area contributed by atoms with Crippen LogP contribution in [0.25, 0.3) is 0 Å². The summed E-state index contributed by atoms with van der Waals surface area (Å²) in [7, 11) is 0. The van der Waals surface area contributed by atoms with Crippen molar-refractivity contribution in [1.82, 2.24) is 4.90 Å². The van der Waals surface area contributed by atoms with E-state index in [-0.39, 0.29) is 18.0 Å². The first-order valence-corrected chi connectivity index (χ1v) is 13.2. The minimum absolute atomic E-state index is 0.0419. The summed E-state index contributed by atoms with van der Waals surface area (Å²) in [4.78, 5) is 25.9. The van der Waals surface area contributed by atoms with Crippen LogP contribution < -0.4 is 0 Å². The summed E-state index contributed by atoms with van der Waals surface area (Å²) >= 11 is 0. The Balaban J connectivity index is 1.87. The highest BCUT2D eigenvalue weighted by Gasteiger charge is 2.24. The van der Waals surface area contributed by atoms with Gasteiger partial charge in [-0.05, 0) is 38.6 Å². The van der Waals surface area contributed by atoms with E-state index in [4.69, 9.17) is 9.47 Å².